The number of pyridine rings is 1. The zero-order valence-electron chi connectivity index (χ0n) is 16.2. The molecule has 0 aliphatic carbocycles. The molecule has 0 spiro atoms. The highest BCUT2D eigenvalue weighted by molar-refractivity contribution is 6.05. The van der Waals surface area contributed by atoms with Gasteiger partial charge in [-0.2, -0.15) is 0 Å². The van der Waals surface area contributed by atoms with Gasteiger partial charge in [-0.15, -0.1) is 0 Å². The molecule has 0 aliphatic rings. The third-order valence-electron chi connectivity index (χ3n) is 4.38. The normalized spacial score (nSPS) is 10.7. The van der Waals surface area contributed by atoms with Crippen LogP contribution in [0.25, 0.3) is 6.08 Å². The van der Waals surface area contributed by atoms with Gasteiger partial charge in [0.15, 0.2) is 0 Å². The molecule has 1 aromatic heterocycles. The fraction of sp³-hybridized carbons (Fsp3) is 0.0870. The summed E-state index contributed by atoms with van der Waals surface area (Å²) in [6.45, 7) is 0.495. The first-order valence-electron chi connectivity index (χ1n) is 9.32. The molecule has 30 heavy (non-hydrogen) atoms. The second-order valence-corrected chi connectivity index (χ2v) is 6.59. The number of carboxylic acid groups (broad SMARTS) is 1. The first-order chi connectivity index (χ1) is 14.5. The van der Waals surface area contributed by atoms with Crippen molar-refractivity contribution in [1.29, 1.82) is 0 Å². The van der Waals surface area contributed by atoms with Crippen molar-refractivity contribution in [3.8, 4) is 0 Å². The number of anilines is 2. The number of rotatable bonds is 7. The number of hydrogen-bond acceptors (Lipinski definition) is 4. The summed E-state index contributed by atoms with van der Waals surface area (Å²) in [6, 6.07) is 17.7. The van der Waals surface area contributed by atoms with Crippen molar-refractivity contribution in [1.82, 2.24) is 9.88 Å². The second-order valence-electron chi connectivity index (χ2n) is 6.59. The lowest BCUT2D eigenvalue weighted by molar-refractivity contribution is 0.102. The molecule has 0 atom stereocenters. The van der Waals surface area contributed by atoms with Crippen LogP contribution in [0.3, 0.4) is 0 Å². The minimum atomic E-state index is -1.00. The highest BCUT2D eigenvalue weighted by Gasteiger charge is 2.11. The lowest BCUT2D eigenvalue weighted by atomic mass is 10.1. The largest absolute Gasteiger partial charge is 0.465 e. The zero-order chi connectivity index (χ0) is 21.3. The number of para-hydroxylation sites is 2. The number of nitrogen functional groups attached to an aromatic ring is 1. The van der Waals surface area contributed by atoms with Crippen LogP contribution in [-0.2, 0) is 6.54 Å². The number of amides is 2. The first-order valence-corrected chi connectivity index (χ1v) is 9.32. The van der Waals surface area contributed by atoms with Crippen molar-refractivity contribution in [3.05, 3.63) is 95.8 Å². The molecular formula is C23H22N4O3. The smallest absolute Gasteiger partial charge is 0.407 e. The number of benzene rings is 2. The summed E-state index contributed by atoms with van der Waals surface area (Å²) >= 11 is 0. The Hall–Kier alpha value is -4.13. The van der Waals surface area contributed by atoms with E-state index in [9.17, 15) is 14.7 Å². The third kappa shape index (κ3) is 5.68. The van der Waals surface area contributed by atoms with E-state index in [2.05, 4.69) is 10.3 Å². The van der Waals surface area contributed by atoms with E-state index < -0.39 is 6.09 Å². The van der Waals surface area contributed by atoms with Gasteiger partial charge in [0.05, 0.1) is 17.9 Å². The Balaban J connectivity index is 1.59. The molecule has 0 unspecified atom stereocenters. The Morgan fingerprint density at radius 1 is 1.07 bits per heavy atom. The summed E-state index contributed by atoms with van der Waals surface area (Å²) in [4.78, 5) is 29.1. The molecule has 2 amide bonds. The molecule has 0 bridgehead atoms. The fourth-order valence-electron chi connectivity index (χ4n) is 2.79. The van der Waals surface area contributed by atoms with Crippen LogP contribution in [0, 0.1) is 0 Å². The summed E-state index contributed by atoms with van der Waals surface area (Å²) in [5, 5.41) is 12.2. The van der Waals surface area contributed by atoms with E-state index >= 15 is 0 Å². The molecule has 7 nitrogen and oxygen atoms in total. The van der Waals surface area contributed by atoms with E-state index in [1.165, 1.54) is 4.90 Å². The standard InChI is InChI=1S/C23H22N4O3/c24-20-7-1-2-8-21(20)26-22(28)19-11-9-17(10-12-19)6-4-14-27(23(29)30)16-18-5-3-13-25-15-18/h1-13,15H,14,16,24H2,(H,26,28)(H,29,30). The third-order valence-corrected chi connectivity index (χ3v) is 4.38. The maximum Gasteiger partial charge on any atom is 0.407 e. The van der Waals surface area contributed by atoms with Crippen molar-refractivity contribution in [3.63, 3.8) is 0 Å². The van der Waals surface area contributed by atoms with Crippen LogP contribution in [0.4, 0.5) is 16.2 Å². The van der Waals surface area contributed by atoms with Crippen LogP contribution in [0.5, 0.6) is 0 Å². The van der Waals surface area contributed by atoms with Crippen LogP contribution in [0.1, 0.15) is 21.5 Å². The Morgan fingerprint density at radius 3 is 2.50 bits per heavy atom. The molecule has 0 aliphatic heterocycles. The predicted octanol–water partition coefficient (Wildman–Crippen LogP) is 4.11. The number of carbonyl (C=O) groups excluding carboxylic acids is 1. The number of nitrogens with zero attached hydrogens (tertiary/aromatic N) is 2. The van der Waals surface area contributed by atoms with Crippen molar-refractivity contribution < 1.29 is 14.7 Å². The van der Waals surface area contributed by atoms with E-state index in [1.54, 1.807) is 73.1 Å². The molecule has 152 valence electrons. The van der Waals surface area contributed by atoms with E-state index in [0.29, 0.717) is 16.9 Å². The van der Waals surface area contributed by atoms with Gasteiger partial charge < -0.3 is 21.1 Å². The van der Waals surface area contributed by atoms with Crippen LogP contribution in [0.15, 0.2) is 79.1 Å². The minimum Gasteiger partial charge on any atom is -0.465 e. The quantitative estimate of drug-likeness (QED) is 0.515. The van der Waals surface area contributed by atoms with E-state index in [-0.39, 0.29) is 19.0 Å². The van der Waals surface area contributed by atoms with Crippen molar-refractivity contribution in [2.45, 2.75) is 6.54 Å². The number of carbonyl (C=O) groups is 2. The van der Waals surface area contributed by atoms with Gasteiger partial charge in [-0.3, -0.25) is 9.78 Å². The molecule has 3 rings (SSSR count). The Morgan fingerprint density at radius 2 is 1.83 bits per heavy atom. The van der Waals surface area contributed by atoms with Gasteiger partial charge in [0.2, 0.25) is 0 Å². The maximum atomic E-state index is 12.4. The average molecular weight is 402 g/mol. The van der Waals surface area contributed by atoms with Gasteiger partial charge in [0.25, 0.3) is 5.91 Å². The highest BCUT2D eigenvalue weighted by atomic mass is 16.4. The predicted molar refractivity (Wildman–Crippen MR) is 117 cm³/mol. The Bertz CT molecular complexity index is 1030. The maximum absolute atomic E-state index is 12.4. The number of nitrogens with one attached hydrogen (secondary N) is 1. The fourth-order valence-corrected chi connectivity index (χ4v) is 2.79. The number of hydrogen-bond donors (Lipinski definition) is 3. The molecule has 7 heteroatoms. The second kappa shape index (κ2) is 9.88. The van der Waals surface area contributed by atoms with Crippen LogP contribution in [-0.4, -0.2) is 33.5 Å². The number of aromatic nitrogens is 1. The van der Waals surface area contributed by atoms with E-state index in [1.807, 2.05) is 12.1 Å². The van der Waals surface area contributed by atoms with Crippen molar-refractivity contribution in [2.24, 2.45) is 0 Å². The molecule has 3 aromatic rings. The summed E-state index contributed by atoms with van der Waals surface area (Å²) < 4.78 is 0. The van der Waals surface area contributed by atoms with Crippen LogP contribution >= 0.6 is 0 Å². The molecule has 0 fully saturated rings. The van der Waals surface area contributed by atoms with Gasteiger partial charge in [-0.05, 0) is 41.5 Å². The monoisotopic (exact) mass is 402 g/mol. The summed E-state index contributed by atoms with van der Waals surface area (Å²) in [7, 11) is 0. The van der Waals surface area contributed by atoms with Gasteiger partial charge in [0, 0.05) is 24.5 Å². The first kappa shape index (κ1) is 20.6. The van der Waals surface area contributed by atoms with Crippen LogP contribution < -0.4 is 11.1 Å². The van der Waals surface area contributed by atoms with Gasteiger partial charge >= 0.3 is 6.09 Å². The summed E-state index contributed by atoms with van der Waals surface area (Å²) in [5.74, 6) is -0.253. The molecule has 1 heterocycles. The van der Waals surface area contributed by atoms with Crippen molar-refractivity contribution in [2.75, 3.05) is 17.6 Å². The Kier molecular flexibility index (Phi) is 6.78. The Labute approximate surface area is 174 Å². The van der Waals surface area contributed by atoms with Crippen molar-refractivity contribution >= 4 is 29.5 Å². The van der Waals surface area contributed by atoms with Gasteiger partial charge in [-0.1, -0.05) is 42.5 Å². The van der Waals surface area contributed by atoms with Gasteiger partial charge in [-0.25, -0.2) is 4.79 Å². The topological polar surface area (TPSA) is 109 Å². The molecular weight excluding hydrogens is 380 g/mol. The number of nitrogens with two attached hydrogens (primary N) is 1. The molecule has 0 saturated heterocycles. The molecule has 4 N–H and O–H groups in total. The van der Waals surface area contributed by atoms with E-state index in [4.69, 9.17) is 5.73 Å². The lowest BCUT2D eigenvalue weighted by Crippen LogP contribution is -2.29. The SMILES string of the molecule is Nc1ccccc1NC(=O)c1ccc(C=CCN(Cc2cccnc2)C(=O)O)cc1. The molecule has 0 radical (unpaired) electrons. The zero-order valence-corrected chi connectivity index (χ0v) is 16.2. The molecule has 0 saturated carbocycles. The van der Waals surface area contributed by atoms with Crippen LogP contribution in [0.2, 0.25) is 0 Å². The highest BCUT2D eigenvalue weighted by Crippen LogP contribution is 2.18. The lowest BCUT2D eigenvalue weighted by Gasteiger charge is -2.17. The van der Waals surface area contributed by atoms with E-state index in [0.717, 1.165) is 11.1 Å². The average Bonchev–Trinajstić information content (AvgIpc) is 2.75. The minimum absolute atomic E-state index is 0.236. The summed E-state index contributed by atoms with van der Waals surface area (Å²) in [6.07, 6.45) is 5.87. The summed E-state index contributed by atoms with van der Waals surface area (Å²) in [5.41, 5.74) is 9.09. The van der Waals surface area contributed by atoms with Gasteiger partial charge in [0.1, 0.15) is 0 Å². The molecule has 2 aromatic carbocycles.